The Morgan fingerprint density at radius 1 is 1.29 bits per heavy atom. The minimum absolute atomic E-state index is 0.308. The van der Waals surface area contributed by atoms with Gasteiger partial charge in [-0.15, -0.1) is 0 Å². The van der Waals surface area contributed by atoms with Gasteiger partial charge in [-0.05, 0) is 38.0 Å². The van der Waals surface area contributed by atoms with Crippen molar-refractivity contribution in [2.45, 2.75) is 20.8 Å². The Hall–Kier alpha value is -2.10. The average molecular weight is 231 g/mol. The molecule has 0 saturated carbocycles. The van der Waals surface area contributed by atoms with E-state index in [-0.39, 0.29) is 0 Å². The number of nitrogens with zero attached hydrogens (tertiary/aromatic N) is 1. The van der Waals surface area contributed by atoms with Gasteiger partial charge in [0.1, 0.15) is 5.76 Å². The summed E-state index contributed by atoms with van der Waals surface area (Å²) in [7, 11) is 0. The molecule has 2 aromatic rings. The second kappa shape index (κ2) is 4.05. The number of carbonyl (C=O) groups is 1. The number of benzene rings is 1. The van der Waals surface area contributed by atoms with Gasteiger partial charge < -0.3 is 9.63 Å². The smallest absolute Gasteiger partial charge is 0.335 e. The molecule has 1 N–H and O–H groups in total. The van der Waals surface area contributed by atoms with Crippen LogP contribution in [0.5, 0.6) is 0 Å². The van der Waals surface area contributed by atoms with E-state index in [1.165, 1.54) is 0 Å². The molecular weight excluding hydrogens is 218 g/mol. The summed E-state index contributed by atoms with van der Waals surface area (Å²) in [5.74, 6) is -0.218. The predicted octanol–water partition coefficient (Wildman–Crippen LogP) is 2.97. The van der Waals surface area contributed by atoms with Gasteiger partial charge in [0.15, 0.2) is 0 Å². The van der Waals surface area contributed by atoms with Crippen LogP contribution in [-0.2, 0) is 0 Å². The zero-order valence-electron chi connectivity index (χ0n) is 9.94. The highest BCUT2D eigenvalue weighted by atomic mass is 16.5. The van der Waals surface area contributed by atoms with Crippen molar-refractivity contribution in [2.75, 3.05) is 0 Å². The van der Waals surface area contributed by atoms with Crippen molar-refractivity contribution in [2.24, 2.45) is 0 Å². The first-order chi connectivity index (χ1) is 8.02. The van der Waals surface area contributed by atoms with Crippen LogP contribution in [0.2, 0.25) is 0 Å². The van der Waals surface area contributed by atoms with E-state index in [4.69, 9.17) is 9.63 Å². The molecule has 0 atom stereocenters. The van der Waals surface area contributed by atoms with Crippen molar-refractivity contribution in [3.63, 3.8) is 0 Å². The lowest BCUT2D eigenvalue weighted by atomic mass is 9.95. The predicted molar refractivity (Wildman–Crippen MR) is 63.1 cm³/mol. The quantitative estimate of drug-likeness (QED) is 0.863. The molecule has 0 amide bonds. The topological polar surface area (TPSA) is 63.3 Å². The molecule has 4 nitrogen and oxygen atoms in total. The molecule has 4 heteroatoms. The van der Waals surface area contributed by atoms with Gasteiger partial charge in [0, 0.05) is 5.56 Å². The maximum absolute atomic E-state index is 11.1. The Morgan fingerprint density at radius 2 is 2.00 bits per heavy atom. The highest BCUT2D eigenvalue weighted by molar-refractivity contribution is 5.92. The van der Waals surface area contributed by atoms with Crippen LogP contribution >= 0.6 is 0 Å². The van der Waals surface area contributed by atoms with Crippen LogP contribution in [0.4, 0.5) is 0 Å². The number of carboxylic acid groups (broad SMARTS) is 1. The average Bonchev–Trinajstić information content (AvgIpc) is 2.59. The van der Waals surface area contributed by atoms with E-state index in [9.17, 15) is 4.79 Å². The van der Waals surface area contributed by atoms with E-state index in [1.807, 2.05) is 19.9 Å². The van der Waals surface area contributed by atoms with Crippen molar-refractivity contribution >= 4 is 5.97 Å². The summed E-state index contributed by atoms with van der Waals surface area (Å²) in [6, 6.07) is 5.21. The molecule has 0 aliphatic carbocycles. The van der Waals surface area contributed by atoms with Crippen molar-refractivity contribution in [1.82, 2.24) is 5.16 Å². The van der Waals surface area contributed by atoms with Crippen LogP contribution in [0, 0.1) is 20.8 Å². The van der Waals surface area contributed by atoms with Gasteiger partial charge in [-0.1, -0.05) is 17.3 Å². The number of hydrogen-bond acceptors (Lipinski definition) is 3. The van der Waals surface area contributed by atoms with Gasteiger partial charge in [0.25, 0.3) is 0 Å². The molecule has 0 aliphatic heterocycles. The van der Waals surface area contributed by atoms with E-state index in [1.54, 1.807) is 19.1 Å². The van der Waals surface area contributed by atoms with Crippen LogP contribution in [0.1, 0.15) is 27.4 Å². The number of aromatic carboxylic acids is 1. The lowest BCUT2D eigenvalue weighted by molar-refractivity contribution is 0.0696. The van der Waals surface area contributed by atoms with E-state index >= 15 is 0 Å². The first-order valence-corrected chi connectivity index (χ1v) is 5.28. The number of carboxylic acids is 1. The largest absolute Gasteiger partial charge is 0.478 e. The van der Waals surface area contributed by atoms with Crippen molar-refractivity contribution in [3.05, 3.63) is 40.8 Å². The summed E-state index contributed by atoms with van der Waals surface area (Å²) in [6.45, 7) is 5.46. The van der Waals surface area contributed by atoms with Gasteiger partial charge in [-0.25, -0.2) is 4.79 Å². The fourth-order valence-electron chi connectivity index (χ4n) is 2.01. The minimum atomic E-state index is -0.920. The minimum Gasteiger partial charge on any atom is -0.478 e. The van der Waals surface area contributed by atoms with Crippen LogP contribution < -0.4 is 0 Å². The number of rotatable bonds is 2. The highest BCUT2D eigenvalue weighted by Crippen LogP contribution is 2.30. The standard InChI is InChI=1S/C13H13NO3/c1-7-10(5-4-6-11(7)13(15)16)12-8(2)14-17-9(12)3/h4-6H,1-3H3,(H,15,16). The molecule has 0 unspecified atom stereocenters. The van der Waals surface area contributed by atoms with Crippen LogP contribution in [0.25, 0.3) is 11.1 Å². The van der Waals surface area contributed by atoms with Crippen LogP contribution in [0.3, 0.4) is 0 Å². The third-order valence-electron chi connectivity index (χ3n) is 2.87. The maximum atomic E-state index is 11.1. The number of aromatic nitrogens is 1. The van der Waals surface area contributed by atoms with Crippen molar-refractivity contribution in [1.29, 1.82) is 0 Å². The van der Waals surface area contributed by atoms with Crippen molar-refractivity contribution < 1.29 is 14.4 Å². The molecular formula is C13H13NO3. The van der Waals surface area contributed by atoms with Gasteiger partial charge in [-0.3, -0.25) is 0 Å². The summed E-state index contributed by atoms with van der Waals surface area (Å²) < 4.78 is 5.11. The second-order valence-corrected chi connectivity index (χ2v) is 3.98. The SMILES string of the molecule is Cc1noc(C)c1-c1cccc(C(=O)O)c1C. The van der Waals surface area contributed by atoms with Gasteiger partial charge in [0.2, 0.25) is 0 Å². The summed E-state index contributed by atoms with van der Waals surface area (Å²) in [4.78, 5) is 11.1. The van der Waals surface area contributed by atoms with E-state index in [2.05, 4.69) is 5.16 Å². The lowest BCUT2D eigenvalue weighted by Gasteiger charge is -2.08. The fraction of sp³-hybridized carbons (Fsp3) is 0.231. The number of aryl methyl sites for hydroxylation is 2. The van der Waals surface area contributed by atoms with Crippen LogP contribution in [0.15, 0.2) is 22.7 Å². The molecule has 0 saturated heterocycles. The second-order valence-electron chi connectivity index (χ2n) is 3.98. The molecule has 0 bridgehead atoms. The molecule has 0 aliphatic rings. The normalized spacial score (nSPS) is 10.5. The molecule has 0 fully saturated rings. The Morgan fingerprint density at radius 3 is 2.53 bits per heavy atom. The third-order valence-corrected chi connectivity index (χ3v) is 2.87. The summed E-state index contributed by atoms with van der Waals surface area (Å²) >= 11 is 0. The monoisotopic (exact) mass is 231 g/mol. The van der Waals surface area contributed by atoms with E-state index in [0.29, 0.717) is 11.3 Å². The van der Waals surface area contributed by atoms with Gasteiger partial charge in [-0.2, -0.15) is 0 Å². The summed E-state index contributed by atoms with van der Waals surface area (Å²) in [5, 5.41) is 13.0. The molecule has 1 aromatic carbocycles. The van der Waals surface area contributed by atoms with Gasteiger partial charge in [0.05, 0.1) is 11.3 Å². The van der Waals surface area contributed by atoms with E-state index in [0.717, 1.165) is 22.4 Å². The zero-order valence-corrected chi connectivity index (χ0v) is 9.94. The van der Waals surface area contributed by atoms with Crippen molar-refractivity contribution in [3.8, 4) is 11.1 Å². The Labute approximate surface area is 98.9 Å². The molecule has 17 heavy (non-hydrogen) atoms. The molecule has 0 spiro atoms. The Kier molecular flexibility index (Phi) is 2.71. The molecule has 2 rings (SSSR count). The zero-order chi connectivity index (χ0) is 12.6. The lowest BCUT2D eigenvalue weighted by Crippen LogP contribution is -2.01. The molecule has 88 valence electrons. The maximum Gasteiger partial charge on any atom is 0.335 e. The molecule has 1 aromatic heterocycles. The molecule has 1 heterocycles. The van der Waals surface area contributed by atoms with E-state index < -0.39 is 5.97 Å². The Bertz CT molecular complexity index is 565. The fourth-order valence-corrected chi connectivity index (χ4v) is 2.01. The Balaban J connectivity index is 2.69. The molecule has 0 radical (unpaired) electrons. The number of hydrogen-bond donors (Lipinski definition) is 1. The van der Waals surface area contributed by atoms with Gasteiger partial charge >= 0.3 is 5.97 Å². The van der Waals surface area contributed by atoms with Crippen LogP contribution in [-0.4, -0.2) is 16.2 Å². The summed E-state index contributed by atoms with van der Waals surface area (Å²) in [6.07, 6.45) is 0. The first kappa shape index (κ1) is 11.4. The highest BCUT2D eigenvalue weighted by Gasteiger charge is 2.17. The third kappa shape index (κ3) is 1.82. The first-order valence-electron chi connectivity index (χ1n) is 5.28. The summed E-state index contributed by atoms with van der Waals surface area (Å²) in [5.41, 5.74) is 3.55.